The van der Waals surface area contributed by atoms with Gasteiger partial charge in [0.25, 0.3) is 0 Å². The number of benzene rings is 7. The van der Waals surface area contributed by atoms with Gasteiger partial charge in [0.15, 0.2) is 0 Å². The molecule has 0 amide bonds. The van der Waals surface area contributed by atoms with E-state index in [4.69, 9.17) is 0 Å². The first-order valence-electron chi connectivity index (χ1n) is 14.6. The van der Waals surface area contributed by atoms with Gasteiger partial charge in [-0.2, -0.15) is 26.3 Å². The number of hydrogen-bond acceptors (Lipinski definition) is 0. The van der Waals surface area contributed by atoms with Crippen LogP contribution in [0.1, 0.15) is 11.1 Å². The average molecular weight is 619 g/mol. The van der Waals surface area contributed by atoms with E-state index in [0.29, 0.717) is 0 Å². The lowest BCUT2D eigenvalue weighted by atomic mass is 9.95. The maximum atomic E-state index is 13.3. The highest BCUT2D eigenvalue weighted by Crippen LogP contribution is 2.39. The van der Waals surface area contributed by atoms with Gasteiger partial charge in [0, 0.05) is 0 Å². The van der Waals surface area contributed by atoms with Gasteiger partial charge in [-0.1, -0.05) is 109 Å². The zero-order valence-corrected chi connectivity index (χ0v) is 24.1. The zero-order chi connectivity index (χ0) is 32.1. The van der Waals surface area contributed by atoms with E-state index >= 15 is 0 Å². The molecule has 0 aliphatic heterocycles. The van der Waals surface area contributed by atoms with Gasteiger partial charge in [0.2, 0.25) is 0 Å². The minimum absolute atomic E-state index is 0.138. The molecule has 7 rings (SSSR count). The number of rotatable bonds is 4. The maximum Gasteiger partial charge on any atom is 0.416 e. The van der Waals surface area contributed by atoms with Crippen LogP contribution in [0.15, 0.2) is 146 Å². The Bertz CT molecular complexity index is 2170. The summed E-state index contributed by atoms with van der Waals surface area (Å²) in [5.74, 6) is 0. The van der Waals surface area contributed by atoms with Crippen LogP contribution in [-0.4, -0.2) is 0 Å². The lowest BCUT2D eigenvalue weighted by Gasteiger charge is -2.14. The fourth-order valence-electron chi connectivity index (χ4n) is 5.81. The van der Waals surface area contributed by atoms with Gasteiger partial charge >= 0.3 is 12.4 Å². The number of alkyl halides is 6. The van der Waals surface area contributed by atoms with Crippen molar-refractivity contribution in [3.63, 3.8) is 0 Å². The normalized spacial score (nSPS) is 12.1. The molecule has 0 heterocycles. The van der Waals surface area contributed by atoms with Crippen molar-refractivity contribution in [2.75, 3.05) is 0 Å². The minimum Gasteiger partial charge on any atom is -0.166 e. The number of hydrogen-bond donors (Lipinski definition) is 0. The van der Waals surface area contributed by atoms with Crippen molar-refractivity contribution in [3.8, 4) is 44.5 Å². The smallest absolute Gasteiger partial charge is 0.166 e. The van der Waals surface area contributed by atoms with Crippen LogP contribution in [0.2, 0.25) is 0 Å². The van der Waals surface area contributed by atoms with E-state index in [-0.39, 0.29) is 17.2 Å². The Morgan fingerprint density at radius 1 is 0.261 bits per heavy atom. The van der Waals surface area contributed by atoms with Gasteiger partial charge in [-0.15, -0.1) is 0 Å². The molecular formula is C40H24F6. The standard InChI is InChI=1S/C40H24F6/c41-39(42,43)37-22-36(23-38(24-37)40(44,45)46)29-11-9-28(10-12-29)33-16-18-34-20-32(15-17-35(34)21-33)27-7-5-26(6-8-27)31-14-13-25-3-1-2-4-30(25)19-31/h1-24H. The fraction of sp³-hybridized carbons (Fsp3) is 0.0500. The molecule has 0 N–H and O–H groups in total. The van der Waals surface area contributed by atoms with Crippen LogP contribution in [0.5, 0.6) is 0 Å². The molecule has 0 atom stereocenters. The molecule has 0 unspecified atom stereocenters. The summed E-state index contributed by atoms with van der Waals surface area (Å²) in [4.78, 5) is 0. The molecule has 0 bridgehead atoms. The summed E-state index contributed by atoms with van der Waals surface area (Å²) in [6.45, 7) is 0. The van der Waals surface area contributed by atoms with Gasteiger partial charge in [0.1, 0.15) is 0 Å². The Morgan fingerprint density at radius 2 is 0.565 bits per heavy atom. The zero-order valence-electron chi connectivity index (χ0n) is 24.1. The molecule has 0 aliphatic carbocycles. The van der Waals surface area contributed by atoms with E-state index in [1.165, 1.54) is 10.8 Å². The van der Waals surface area contributed by atoms with Crippen LogP contribution >= 0.6 is 0 Å². The SMILES string of the molecule is FC(F)(F)c1cc(-c2ccc(-c3ccc4cc(-c5ccc(-c6ccc7ccccc7c6)cc5)ccc4c3)cc2)cc(C(F)(F)F)c1. The van der Waals surface area contributed by atoms with Gasteiger partial charge in [0.05, 0.1) is 11.1 Å². The van der Waals surface area contributed by atoms with E-state index in [1.807, 2.05) is 36.4 Å². The predicted octanol–water partition coefficient (Wildman–Crippen LogP) is 12.7. The third-order valence-electron chi connectivity index (χ3n) is 8.28. The quantitative estimate of drug-likeness (QED) is 0.172. The number of halogens is 6. The molecule has 6 heteroatoms. The topological polar surface area (TPSA) is 0 Å². The highest BCUT2D eigenvalue weighted by molar-refractivity contribution is 5.92. The van der Waals surface area contributed by atoms with Crippen molar-refractivity contribution < 1.29 is 26.3 Å². The summed E-state index contributed by atoms with van der Waals surface area (Å²) in [6, 6.07) is 43.5. The second-order valence-electron chi connectivity index (χ2n) is 11.3. The second kappa shape index (κ2) is 11.2. The molecule has 7 aromatic rings. The van der Waals surface area contributed by atoms with Crippen molar-refractivity contribution >= 4 is 21.5 Å². The van der Waals surface area contributed by atoms with Crippen LogP contribution in [0, 0.1) is 0 Å². The Kier molecular flexibility index (Phi) is 7.16. The van der Waals surface area contributed by atoms with Crippen LogP contribution in [0.3, 0.4) is 0 Å². The van der Waals surface area contributed by atoms with Gasteiger partial charge in [-0.25, -0.2) is 0 Å². The molecule has 226 valence electrons. The summed E-state index contributed by atoms with van der Waals surface area (Å²) in [6.07, 6.45) is -9.80. The molecule has 0 spiro atoms. The molecule has 46 heavy (non-hydrogen) atoms. The van der Waals surface area contributed by atoms with Crippen LogP contribution < -0.4 is 0 Å². The van der Waals surface area contributed by atoms with Gasteiger partial charge in [-0.3, -0.25) is 0 Å². The largest absolute Gasteiger partial charge is 0.416 e. The Balaban J connectivity index is 1.13. The lowest BCUT2D eigenvalue weighted by molar-refractivity contribution is -0.143. The third kappa shape index (κ3) is 5.86. The summed E-state index contributed by atoms with van der Waals surface area (Å²) >= 11 is 0. The molecule has 0 nitrogen and oxygen atoms in total. The average Bonchev–Trinajstić information content (AvgIpc) is 3.07. The summed E-state index contributed by atoms with van der Waals surface area (Å²) in [7, 11) is 0. The van der Waals surface area contributed by atoms with Crippen molar-refractivity contribution in [1.29, 1.82) is 0 Å². The molecule has 0 fully saturated rings. The van der Waals surface area contributed by atoms with Crippen molar-refractivity contribution in [3.05, 3.63) is 157 Å². The Morgan fingerprint density at radius 3 is 0.957 bits per heavy atom. The minimum atomic E-state index is -4.90. The fourth-order valence-corrected chi connectivity index (χ4v) is 5.81. The number of fused-ring (bicyclic) bond motifs is 2. The van der Waals surface area contributed by atoms with Crippen molar-refractivity contribution in [2.45, 2.75) is 12.4 Å². The maximum absolute atomic E-state index is 13.3. The molecule has 0 aliphatic rings. The monoisotopic (exact) mass is 618 g/mol. The first-order chi connectivity index (χ1) is 22.0. The lowest BCUT2D eigenvalue weighted by Crippen LogP contribution is -2.11. The Hall–Kier alpha value is -5.36. The summed E-state index contributed by atoms with van der Waals surface area (Å²) in [5.41, 5.74) is 3.58. The molecule has 0 saturated carbocycles. The van der Waals surface area contributed by atoms with E-state index in [0.717, 1.165) is 56.3 Å². The molecular weight excluding hydrogens is 594 g/mol. The highest BCUT2D eigenvalue weighted by atomic mass is 19.4. The van der Waals surface area contributed by atoms with Crippen LogP contribution in [0.25, 0.3) is 66.1 Å². The Labute approximate surface area is 261 Å². The summed E-state index contributed by atoms with van der Waals surface area (Å²) < 4.78 is 80.1. The van der Waals surface area contributed by atoms with Crippen LogP contribution in [0.4, 0.5) is 26.3 Å². The third-order valence-corrected chi connectivity index (χ3v) is 8.28. The second-order valence-corrected chi connectivity index (χ2v) is 11.3. The molecule has 0 radical (unpaired) electrons. The van der Waals surface area contributed by atoms with Crippen molar-refractivity contribution in [1.82, 2.24) is 0 Å². The van der Waals surface area contributed by atoms with E-state index in [2.05, 4.69) is 66.7 Å². The first kappa shape index (κ1) is 29.4. The summed E-state index contributed by atoms with van der Waals surface area (Å²) in [5, 5.41) is 4.45. The predicted molar refractivity (Wildman–Crippen MR) is 173 cm³/mol. The van der Waals surface area contributed by atoms with E-state index in [1.54, 1.807) is 24.3 Å². The molecule has 7 aromatic carbocycles. The first-order valence-corrected chi connectivity index (χ1v) is 14.6. The molecule has 0 saturated heterocycles. The van der Waals surface area contributed by atoms with Gasteiger partial charge in [-0.05, 0) is 102 Å². The van der Waals surface area contributed by atoms with Crippen LogP contribution in [-0.2, 0) is 12.4 Å². The van der Waals surface area contributed by atoms with E-state index < -0.39 is 23.5 Å². The highest BCUT2D eigenvalue weighted by Gasteiger charge is 2.37. The van der Waals surface area contributed by atoms with Gasteiger partial charge < -0.3 is 0 Å². The van der Waals surface area contributed by atoms with E-state index in [9.17, 15) is 26.3 Å². The molecule has 0 aromatic heterocycles. The van der Waals surface area contributed by atoms with Crippen molar-refractivity contribution in [2.24, 2.45) is 0 Å².